The molecule has 2 saturated heterocycles. The molecule has 182 valence electrons. The fourth-order valence-electron chi connectivity index (χ4n) is 4.55. The van der Waals surface area contributed by atoms with Gasteiger partial charge in [-0.15, -0.1) is 35.3 Å². The van der Waals surface area contributed by atoms with Gasteiger partial charge in [0.2, 0.25) is 5.91 Å². The number of guanidine groups is 1. The van der Waals surface area contributed by atoms with Crippen LogP contribution in [0.25, 0.3) is 0 Å². The zero-order chi connectivity index (χ0) is 21.9. The van der Waals surface area contributed by atoms with Crippen molar-refractivity contribution >= 4 is 47.2 Å². The first-order chi connectivity index (χ1) is 15.2. The fraction of sp³-hybridized carbons (Fsp3) is 0.739. The monoisotopic (exact) mass is 576 g/mol. The van der Waals surface area contributed by atoms with E-state index in [1.54, 1.807) is 0 Å². The van der Waals surface area contributed by atoms with Crippen LogP contribution in [0.2, 0.25) is 0 Å². The molecule has 0 aromatic carbocycles. The molecule has 2 fully saturated rings. The van der Waals surface area contributed by atoms with E-state index in [2.05, 4.69) is 44.9 Å². The summed E-state index contributed by atoms with van der Waals surface area (Å²) in [5.41, 5.74) is 5.43. The van der Waals surface area contributed by atoms with Crippen molar-refractivity contribution in [3.63, 3.8) is 0 Å². The number of hydrogen-bond donors (Lipinski definition) is 3. The molecule has 7 nitrogen and oxygen atoms in total. The van der Waals surface area contributed by atoms with Gasteiger partial charge in [-0.1, -0.05) is 6.07 Å². The number of nitrogens with zero attached hydrogens (tertiary/aromatic N) is 3. The number of aliphatic imine (C=N–C) groups is 1. The van der Waals surface area contributed by atoms with Crippen molar-refractivity contribution in [1.29, 1.82) is 0 Å². The van der Waals surface area contributed by atoms with Crippen LogP contribution < -0.4 is 16.4 Å². The number of rotatable bonds is 11. The lowest BCUT2D eigenvalue weighted by Crippen LogP contribution is -2.40. The van der Waals surface area contributed by atoms with Gasteiger partial charge >= 0.3 is 0 Å². The van der Waals surface area contributed by atoms with Gasteiger partial charge in [0.25, 0.3) is 0 Å². The molecular formula is C23H41IN6OS. The summed E-state index contributed by atoms with van der Waals surface area (Å²) < 4.78 is 0. The molecule has 1 atom stereocenters. The average molecular weight is 577 g/mol. The number of carbonyl (C=O) groups is 1. The van der Waals surface area contributed by atoms with Crippen molar-refractivity contribution in [1.82, 2.24) is 20.4 Å². The van der Waals surface area contributed by atoms with Crippen LogP contribution in [0, 0.1) is 5.92 Å². The molecule has 1 amide bonds. The normalized spacial score (nSPS) is 19.5. The van der Waals surface area contributed by atoms with Crippen LogP contribution >= 0.6 is 35.3 Å². The molecule has 3 heterocycles. The van der Waals surface area contributed by atoms with E-state index < -0.39 is 0 Å². The number of primary amides is 1. The van der Waals surface area contributed by atoms with E-state index in [4.69, 9.17) is 10.7 Å². The molecule has 1 aromatic heterocycles. The van der Waals surface area contributed by atoms with E-state index in [1.807, 2.05) is 11.3 Å². The van der Waals surface area contributed by atoms with Crippen LogP contribution in [0.5, 0.6) is 0 Å². The Hall–Kier alpha value is -0.910. The summed E-state index contributed by atoms with van der Waals surface area (Å²) in [6, 6.07) is 4.78. The maximum absolute atomic E-state index is 11.3. The average Bonchev–Trinajstić information content (AvgIpc) is 3.49. The number of carbonyl (C=O) groups excluding carboxylic acids is 1. The van der Waals surface area contributed by atoms with Gasteiger partial charge in [0.15, 0.2) is 5.96 Å². The summed E-state index contributed by atoms with van der Waals surface area (Å²) in [7, 11) is 0. The molecule has 2 aliphatic heterocycles. The number of likely N-dealkylation sites (tertiary alicyclic amines) is 2. The first-order valence-electron chi connectivity index (χ1n) is 12.0. The highest BCUT2D eigenvalue weighted by Crippen LogP contribution is 2.28. The van der Waals surface area contributed by atoms with Crippen LogP contribution in [0.3, 0.4) is 0 Å². The van der Waals surface area contributed by atoms with Crippen molar-refractivity contribution in [2.24, 2.45) is 16.6 Å². The predicted octanol–water partition coefficient (Wildman–Crippen LogP) is 3.04. The van der Waals surface area contributed by atoms with Crippen LogP contribution in [0.15, 0.2) is 22.5 Å². The lowest BCUT2D eigenvalue weighted by molar-refractivity contribution is -0.123. The second kappa shape index (κ2) is 15.1. The van der Waals surface area contributed by atoms with Crippen LogP contribution in [0.4, 0.5) is 0 Å². The van der Waals surface area contributed by atoms with Crippen molar-refractivity contribution in [3.8, 4) is 0 Å². The molecule has 9 heteroatoms. The first-order valence-corrected chi connectivity index (χ1v) is 12.9. The second-order valence-corrected chi connectivity index (χ2v) is 9.63. The quantitative estimate of drug-likeness (QED) is 0.163. The SMILES string of the molecule is CCNC(=NCC(c1cccs1)N1CCCC1)NCCCCN1CCC(C(N)=O)CC1.I. The van der Waals surface area contributed by atoms with Crippen molar-refractivity contribution < 1.29 is 4.79 Å². The highest BCUT2D eigenvalue weighted by Gasteiger charge is 2.24. The lowest BCUT2D eigenvalue weighted by atomic mass is 9.96. The number of thiophene rings is 1. The molecule has 32 heavy (non-hydrogen) atoms. The highest BCUT2D eigenvalue weighted by atomic mass is 127. The molecule has 3 rings (SSSR count). The number of piperidine rings is 1. The third-order valence-electron chi connectivity index (χ3n) is 6.40. The zero-order valence-electron chi connectivity index (χ0n) is 19.4. The first kappa shape index (κ1) is 27.3. The van der Waals surface area contributed by atoms with Crippen LogP contribution in [0.1, 0.15) is 56.4 Å². The summed E-state index contributed by atoms with van der Waals surface area (Å²) in [6.45, 7) is 10.1. The Kier molecular flexibility index (Phi) is 12.9. The Balaban J connectivity index is 0.00000363. The fourth-order valence-corrected chi connectivity index (χ4v) is 5.40. The van der Waals surface area contributed by atoms with Gasteiger partial charge in [-0.2, -0.15) is 0 Å². The molecule has 4 N–H and O–H groups in total. The Labute approximate surface area is 214 Å². The largest absolute Gasteiger partial charge is 0.369 e. The minimum Gasteiger partial charge on any atom is -0.369 e. The molecular weight excluding hydrogens is 535 g/mol. The summed E-state index contributed by atoms with van der Waals surface area (Å²) in [5.74, 6) is 0.867. The Morgan fingerprint density at radius 2 is 1.97 bits per heavy atom. The predicted molar refractivity (Wildman–Crippen MR) is 145 cm³/mol. The van der Waals surface area contributed by atoms with Crippen molar-refractivity contribution in [2.75, 3.05) is 52.4 Å². The highest BCUT2D eigenvalue weighted by molar-refractivity contribution is 14.0. The molecule has 0 radical (unpaired) electrons. The van der Waals surface area contributed by atoms with Gasteiger partial charge < -0.3 is 21.3 Å². The summed E-state index contributed by atoms with van der Waals surface area (Å²) >= 11 is 1.84. The minimum absolute atomic E-state index is 0. The summed E-state index contributed by atoms with van der Waals surface area (Å²) in [6.07, 6.45) is 6.68. The number of hydrogen-bond acceptors (Lipinski definition) is 5. The van der Waals surface area contributed by atoms with Gasteiger partial charge in [-0.25, -0.2) is 0 Å². The van der Waals surface area contributed by atoms with E-state index in [9.17, 15) is 4.79 Å². The number of nitrogens with one attached hydrogen (secondary N) is 2. The number of unbranched alkanes of at least 4 members (excludes halogenated alkanes) is 1. The van der Waals surface area contributed by atoms with Crippen LogP contribution in [-0.4, -0.2) is 74.0 Å². The van der Waals surface area contributed by atoms with E-state index in [0.717, 1.165) is 70.9 Å². The van der Waals surface area contributed by atoms with Gasteiger partial charge in [0.05, 0.1) is 12.6 Å². The van der Waals surface area contributed by atoms with Gasteiger partial charge in [0.1, 0.15) is 0 Å². The van der Waals surface area contributed by atoms with Crippen molar-refractivity contribution in [2.45, 2.75) is 51.5 Å². The van der Waals surface area contributed by atoms with E-state index in [-0.39, 0.29) is 35.8 Å². The summed E-state index contributed by atoms with van der Waals surface area (Å²) in [5, 5.41) is 9.08. The Morgan fingerprint density at radius 3 is 2.59 bits per heavy atom. The molecule has 0 aliphatic carbocycles. The molecule has 0 saturated carbocycles. The maximum atomic E-state index is 11.3. The van der Waals surface area contributed by atoms with Gasteiger partial charge in [-0.3, -0.25) is 14.7 Å². The molecule has 1 aromatic rings. The molecule has 0 spiro atoms. The van der Waals surface area contributed by atoms with E-state index >= 15 is 0 Å². The smallest absolute Gasteiger partial charge is 0.220 e. The topological polar surface area (TPSA) is 86.0 Å². The summed E-state index contributed by atoms with van der Waals surface area (Å²) in [4.78, 5) is 22.7. The molecule has 2 aliphatic rings. The molecule has 0 bridgehead atoms. The van der Waals surface area contributed by atoms with Gasteiger partial charge in [0, 0.05) is 23.9 Å². The molecule has 1 unspecified atom stereocenters. The number of halogens is 1. The lowest BCUT2D eigenvalue weighted by Gasteiger charge is -2.30. The Bertz CT molecular complexity index is 672. The third-order valence-corrected chi connectivity index (χ3v) is 7.38. The van der Waals surface area contributed by atoms with E-state index in [0.29, 0.717) is 6.04 Å². The minimum atomic E-state index is -0.134. The second-order valence-electron chi connectivity index (χ2n) is 8.65. The van der Waals surface area contributed by atoms with Gasteiger partial charge in [-0.05, 0) is 89.6 Å². The number of nitrogens with two attached hydrogens (primary N) is 1. The third kappa shape index (κ3) is 8.79. The zero-order valence-corrected chi connectivity index (χ0v) is 22.6. The van der Waals surface area contributed by atoms with Crippen molar-refractivity contribution in [3.05, 3.63) is 22.4 Å². The van der Waals surface area contributed by atoms with Crippen LogP contribution in [-0.2, 0) is 4.79 Å². The maximum Gasteiger partial charge on any atom is 0.220 e. The number of amides is 1. The standard InChI is InChI=1S/C23H40N6OS.HI/c1-2-25-23(26-11-3-4-12-28-15-9-19(10-16-28)22(24)30)27-18-20(21-8-7-17-31-21)29-13-5-6-14-29;/h7-8,17,19-20H,2-6,9-16,18H2,1H3,(H2,24,30)(H2,25,26,27);1H. The Morgan fingerprint density at radius 1 is 1.22 bits per heavy atom. The van der Waals surface area contributed by atoms with E-state index in [1.165, 1.54) is 30.8 Å².